The Morgan fingerprint density at radius 2 is 1.59 bits per heavy atom. The molecule has 0 aliphatic carbocycles. The molecule has 0 N–H and O–H groups in total. The van der Waals surface area contributed by atoms with E-state index in [-0.39, 0.29) is 0 Å². The van der Waals surface area contributed by atoms with Gasteiger partial charge in [-0.1, -0.05) is 55.6 Å². The summed E-state index contributed by atoms with van der Waals surface area (Å²) in [7, 11) is -1.70. The SMILES string of the molecule is C[Si]1(C)Cc2ccccc2-c2c1n(-c1ccc(C#N)cc1)c1ccccc21. The zero-order valence-electron chi connectivity index (χ0n) is 15.5. The first kappa shape index (κ1) is 16.1. The number of nitriles is 1. The summed E-state index contributed by atoms with van der Waals surface area (Å²) in [5.74, 6) is 0. The van der Waals surface area contributed by atoms with Crippen LogP contribution in [0.3, 0.4) is 0 Å². The van der Waals surface area contributed by atoms with Crippen molar-refractivity contribution in [2.75, 3.05) is 0 Å². The third-order valence-electron chi connectivity index (χ3n) is 5.69. The largest absolute Gasteiger partial charge is 0.317 e. The minimum atomic E-state index is -1.70. The molecule has 2 nitrogen and oxygen atoms in total. The van der Waals surface area contributed by atoms with Gasteiger partial charge in [0, 0.05) is 22.0 Å². The molecule has 1 aliphatic rings. The van der Waals surface area contributed by atoms with E-state index >= 15 is 0 Å². The van der Waals surface area contributed by atoms with Crippen molar-refractivity contribution in [3.8, 4) is 22.9 Å². The van der Waals surface area contributed by atoms with Gasteiger partial charge >= 0.3 is 0 Å². The molecular formula is C24H20N2Si. The fourth-order valence-electron chi connectivity index (χ4n) is 4.58. The third-order valence-corrected chi connectivity index (χ3v) is 8.71. The molecule has 2 heterocycles. The van der Waals surface area contributed by atoms with Gasteiger partial charge in [-0.15, -0.1) is 0 Å². The lowest BCUT2D eigenvalue weighted by Crippen LogP contribution is -2.50. The van der Waals surface area contributed by atoms with Gasteiger partial charge in [0.1, 0.15) is 8.07 Å². The average Bonchev–Trinajstić information content (AvgIpc) is 3.05. The third kappa shape index (κ3) is 2.31. The second-order valence-electron chi connectivity index (χ2n) is 7.95. The summed E-state index contributed by atoms with van der Waals surface area (Å²) in [5.41, 5.74) is 7.36. The number of fused-ring (bicyclic) bond motifs is 5. The van der Waals surface area contributed by atoms with Crippen molar-refractivity contribution in [2.45, 2.75) is 19.1 Å². The summed E-state index contributed by atoms with van der Waals surface area (Å²) in [6, 6.07) is 29.0. The zero-order valence-corrected chi connectivity index (χ0v) is 16.5. The van der Waals surface area contributed by atoms with Crippen LogP contribution in [0, 0.1) is 11.3 Å². The molecule has 0 unspecified atom stereocenters. The standard InChI is InChI=1S/C24H20N2Si/c1-27(2)16-18-7-3-4-8-20(18)23-21-9-5-6-10-22(21)26(24(23)27)19-13-11-17(15-25)12-14-19/h3-14H,16H2,1-2H3. The number of aromatic nitrogens is 1. The molecule has 130 valence electrons. The van der Waals surface area contributed by atoms with Gasteiger partial charge in [0.15, 0.2) is 0 Å². The lowest BCUT2D eigenvalue weighted by atomic mass is 9.99. The van der Waals surface area contributed by atoms with Crippen LogP contribution in [0.15, 0.2) is 72.8 Å². The summed E-state index contributed by atoms with van der Waals surface area (Å²) in [5, 5.41) is 12.0. The number of nitrogens with zero attached hydrogens (tertiary/aromatic N) is 2. The Hall–Kier alpha value is -3.09. The van der Waals surface area contributed by atoms with Crippen LogP contribution in [0.1, 0.15) is 11.1 Å². The molecule has 3 heteroatoms. The van der Waals surface area contributed by atoms with Crippen LogP contribution in [0.2, 0.25) is 13.1 Å². The second-order valence-corrected chi connectivity index (χ2v) is 12.5. The molecule has 0 radical (unpaired) electrons. The van der Waals surface area contributed by atoms with E-state index in [2.05, 4.69) is 84.4 Å². The van der Waals surface area contributed by atoms with Crippen LogP contribution in [0.4, 0.5) is 0 Å². The van der Waals surface area contributed by atoms with Crippen molar-refractivity contribution < 1.29 is 0 Å². The molecule has 1 aromatic heterocycles. The summed E-state index contributed by atoms with van der Waals surface area (Å²) in [6.07, 6.45) is 0. The van der Waals surface area contributed by atoms with E-state index < -0.39 is 8.07 Å². The molecule has 5 rings (SSSR count). The topological polar surface area (TPSA) is 28.7 Å². The Morgan fingerprint density at radius 1 is 0.889 bits per heavy atom. The van der Waals surface area contributed by atoms with Crippen LogP contribution < -0.4 is 5.32 Å². The van der Waals surface area contributed by atoms with Crippen molar-refractivity contribution in [2.24, 2.45) is 0 Å². The molecule has 0 saturated heterocycles. The van der Waals surface area contributed by atoms with Gasteiger partial charge in [-0.05, 0) is 47.5 Å². The van der Waals surface area contributed by atoms with E-state index in [4.69, 9.17) is 5.26 Å². The highest BCUT2D eigenvalue weighted by atomic mass is 28.3. The highest BCUT2D eigenvalue weighted by Gasteiger charge is 2.38. The molecule has 3 aromatic carbocycles. The zero-order chi connectivity index (χ0) is 18.6. The van der Waals surface area contributed by atoms with Gasteiger partial charge in [-0.3, -0.25) is 0 Å². The van der Waals surface area contributed by atoms with E-state index in [0.29, 0.717) is 5.56 Å². The van der Waals surface area contributed by atoms with Crippen molar-refractivity contribution in [1.29, 1.82) is 5.26 Å². The minimum Gasteiger partial charge on any atom is -0.317 e. The maximum absolute atomic E-state index is 9.17. The van der Waals surface area contributed by atoms with Crippen LogP contribution >= 0.6 is 0 Å². The molecule has 0 bridgehead atoms. The monoisotopic (exact) mass is 364 g/mol. The average molecular weight is 365 g/mol. The summed E-state index contributed by atoms with van der Waals surface area (Å²) >= 11 is 0. The van der Waals surface area contributed by atoms with Crippen LogP contribution in [-0.4, -0.2) is 12.6 Å². The van der Waals surface area contributed by atoms with Crippen LogP contribution in [0.25, 0.3) is 27.7 Å². The first-order valence-electron chi connectivity index (χ1n) is 9.33. The van der Waals surface area contributed by atoms with Gasteiger partial charge in [-0.2, -0.15) is 5.26 Å². The molecular weight excluding hydrogens is 344 g/mol. The number of para-hydroxylation sites is 1. The molecule has 4 aromatic rings. The predicted molar refractivity (Wildman–Crippen MR) is 114 cm³/mol. The van der Waals surface area contributed by atoms with Gasteiger partial charge < -0.3 is 4.57 Å². The second kappa shape index (κ2) is 5.70. The van der Waals surface area contributed by atoms with E-state index in [1.54, 1.807) is 0 Å². The van der Waals surface area contributed by atoms with Crippen molar-refractivity contribution >= 4 is 24.3 Å². The fraction of sp³-hybridized carbons (Fsp3) is 0.125. The minimum absolute atomic E-state index is 0.700. The molecule has 27 heavy (non-hydrogen) atoms. The molecule has 0 atom stereocenters. The Balaban J connectivity index is 1.93. The van der Waals surface area contributed by atoms with Crippen LogP contribution in [0.5, 0.6) is 0 Å². The maximum Gasteiger partial charge on any atom is 0.107 e. The quantitative estimate of drug-likeness (QED) is 0.428. The molecule has 0 spiro atoms. The maximum atomic E-state index is 9.17. The van der Waals surface area contributed by atoms with Crippen molar-refractivity contribution in [3.05, 3.63) is 83.9 Å². The van der Waals surface area contributed by atoms with E-state index in [1.165, 1.54) is 32.9 Å². The van der Waals surface area contributed by atoms with E-state index in [9.17, 15) is 0 Å². The molecule has 0 saturated carbocycles. The summed E-state index contributed by atoms with van der Waals surface area (Å²) < 4.78 is 2.45. The van der Waals surface area contributed by atoms with Gasteiger partial charge in [0.05, 0.1) is 17.1 Å². The molecule has 0 fully saturated rings. The Bertz CT molecular complexity index is 1220. The van der Waals surface area contributed by atoms with E-state index in [1.807, 2.05) is 12.1 Å². The predicted octanol–water partition coefficient (Wildman–Crippen LogP) is 5.18. The van der Waals surface area contributed by atoms with Crippen molar-refractivity contribution in [1.82, 2.24) is 4.57 Å². The number of benzene rings is 3. The van der Waals surface area contributed by atoms with Crippen molar-refractivity contribution in [3.63, 3.8) is 0 Å². The molecule has 0 amide bonds. The normalized spacial score (nSPS) is 14.4. The number of hydrogen-bond acceptors (Lipinski definition) is 1. The smallest absolute Gasteiger partial charge is 0.107 e. The lowest BCUT2D eigenvalue weighted by Gasteiger charge is -2.32. The van der Waals surface area contributed by atoms with Gasteiger partial charge in [0.25, 0.3) is 0 Å². The fourth-order valence-corrected chi connectivity index (χ4v) is 7.81. The Morgan fingerprint density at radius 3 is 2.37 bits per heavy atom. The highest BCUT2D eigenvalue weighted by Crippen LogP contribution is 2.39. The Labute approximate surface area is 160 Å². The lowest BCUT2D eigenvalue weighted by molar-refractivity contribution is 1.14. The number of rotatable bonds is 1. The van der Waals surface area contributed by atoms with Gasteiger partial charge in [0.2, 0.25) is 0 Å². The Kier molecular flexibility index (Phi) is 3.40. The van der Waals surface area contributed by atoms with Crippen LogP contribution in [-0.2, 0) is 6.04 Å². The number of hydrogen-bond donors (Lipinski definition) is 0. The molecule has 1 aliphatic heterocycles. The summed E-state index contributed by atoms with van der Waals surface area (Å²) in [6.45, 7) is 4.95. The first-order chi connectivity index (χ1) is 13.1. The summed E-state index contributed by atoms with van der Waals surface area (Å²) in [4.78, 5) is 0. The van der Waals surface area contributed by atoms with E-state index in [0.717, 1.165) is 11.7 Å². The van der Waals surface area contributed by atoms with Gasteiger partial charge in [-0.25, -0.2) is 0 Å². The highest BCUT2D eigenvalue weighted by molar-refractivity contribution is 6.90. The first-order valence-corrected chi connectivity index (χ1v) is 12.5.